The molecule has 18 heavy (non-hydrogen) atoms. The van der Waals surface area contributed by atoms with E-state index in [1.54, 1.807) is 29.7 Å². The number of nitrogens with one attached hydrogen (secondary N) is 1. The van der Waals surface area contributed by atoms with E-state index in [0.29, 0.717) is 11.4 Å². The molecule has 0 fully saturated rings. The van der Waals surface area contributed by atoms with E-state index in [4.69, 9.17) is 5.26 Å². The molecule has 2 heterocycles. The van der Waals surface area contributed by atoms with Gasteiger partial charge in [-0.05, 0) is 37.8 Å². The van der Waals surface area contributed by atoms with Gasteiger partial charge in [0.2, 0.25) is 0 Å². The number of thiazole rings is 1. The molecule has 0 saturated carbocycles. The summed E-state index contributed by atoms with van der Waals surface area (Å²) >= 11 is 1.68. The van der Waals surface area contributed by atoms with Crippen LogP contribution in [0.4, 0.5) is 10.9 Å². The van der Waals surface area contributed by atoms with Crippen LogP contribution in [0.2, 0.25) is 0 Å². The Morgan fingerprint density at radius 3 is 3.06 bits per heavy atom. The highest BCUT2D eigenvalue weighted by molar-refractivity contribution is 7.15. The van der Waals surface area contributed by atoms with Crippen molar-refractivity contribution >= 4 is 22.3 Å². The molecule has 0 radical (unpaired) electrons. The van der Waals surface area contributed by atoms with Crippen molar-refractivity contribution in [1.82, 2.24) is 9.97 Å². The van der Waals surface area contributed by atoms with Gasteiger partial charge in [-0.2, -0.15) is 5.26 Å². The summed E-state index contributed by atoms with van der Waals surface area (Å²) in [6.07, 6.45) is 6.35. The Bertz CT molecular complexity index is 588. The molecule has 2 aromatic rings. The number of rotatable bonds is 2. The number of nitriles is 1. The van der Waals surface area contributed by atoms with Crippen molar-refractivity contribution in [2.75, 3.05) is 5.32 Å². The lowest BCUT2D eigenvalue weighted by Crippen LogP contribution is -1.99. The Morgan fingerprint density at radius 1 is 1.33 bits per heavy atom. The molecule has 0 spiro atoms. The predicted octanol–water partition coefficient (Wildman–Crippen LogP) is 3.03. The van der Waals surface area contributed by atoms with Gasteiger partial charge in [0.25, 0.3) is 0 Å². The normalized spacial score (nSPS) is 13.7. The van der Waals surface area contributed by atoms with Crippen molar-refractivity contribution in [3.05, 3.63) is 34.5 Å². The van der Waals surface area contributed by atoms with Crippen molar-refractivity contribution in [2.24, 2.45) is 0 Å². The third kappa shape index (κ3) is 2.07. The number of hydrogen-bond acceptors (Lipinski definition) is 5. The van der Waals surface area contributed by atoms with E-state index in [1.807, 2.05) is 0 Å². The fourth-order valence-electron chi connectivity index (χ4n) is 2.10. The van der Waals surface area contributed by atoms with Crippen LogP contribution in [0.15, 0.2) is 18.3 Å². The van der Waals surface area contributed by atoms with Crippen molar-refractivity contribution in [3.8, 4) is 6.07 Å². The van der Waals surface area contributed by atoms with Gasteiger partial charge in [-0.1, -0.05) is 0 Å². The third-order valence-electron chi connectivity index (χ3n) is 3.00. The van der Waals surface area contributed by atoms with Crippen LogP contribution in [-0.2, 0) is 12.8 Å². The second-order valence-electron chi connectivity index (χ2n) is 4.23. The number of anilines is 2. The minimum Gasteiger partial charge on any atom is -0.315 e. The molecule has 90 valence electrons. The average molecular weight is 256 g/mol. The maximum atomic E-state index is 9.01. The summed E-state index contributed by atoms with van der Waals surface area (Å²) < 4.78 is 0. The van der Waals surface area contributed by atoms with Gasteiger partial charge in [0.15, 0.2) is 5.13 Å². The number of nitrogens with zero attached hydrogens (tertiary/aromatic N) is 3. The predicted molar refractivity (Wildman–Crippen MR) is 71.0 cm³/mol. The molecule has 0 saturated heterocycles. The first-order valence-corrected chi connectivity index (χ1v) is 6.79. The molecule has 1 aliphatic carbocycles. The van der Waals surface area contributed by atoms with Crippen LogP contribution in [-0.4, -0.2) is 9.97 Å². The summed E-state index contributed by atoms with van der Waals surface area (Å²) in [5.41, 5.74) is 1.76. The zero-order chi connectivity index (χ0) is 12.4. The van der Waals surface area contributed by atoms with Gasteiger partial charge < -0.3 is 5.32 Å². The van der Waals surface area contributed by atoms with Gasteiger partial charge in [-0.3, -0.25) is 0 Å². The molecule has 0 unspecified atom stereocenters. The molecule has 4 nitrogen and oxygen atoms in total. The highest BCUT2D eigenvalue weighted by Gasteiger charge is 2.15. The number of aromatic nitrogens is 2. The first kappa shape index (κ1) is 11.2. The summed E-state index contributed by atoms with van der Waals surface area (Å²) in [7, 11) is 0. The Balaban J connectivity index is 1.88. The lowest BCUT2D eigenvalue weighted by molar-refractivity contribution is 0.683. The first-order valence-electron chi connectivity index (χ1n) is 5.97. The first-order chi connectivity index (χ1) is 8.86. The molecule has 3 rings (SSSR count). The summed E-state index contributed by atoms with van der Waals surface area (Å²) in [6, 6.07) is 5.64. The molecular formula is C13H12N4S. The second kappa shape index (κ2) is 4.75. The molecule has 2 aromatic heterocycles. The van der Waals surface area contributed by atoms with Gasteiger partial charge in [-0.25, -0.2) is 9.97 Å². The van der Waals surface area contributed by atoms with E-state index in [1.165, 1.54) is 23.4 Å². The van der Waals surface area contributed by atoms with Crippen molar-refractivity contribution in [1.29, 1.82) is 5.26 Å². The number of aryl methyl sites for hydroxylation is 2. The van der Waals surface area contributed by atoms with Crippen molar-refractivity contribution in [2.45, 2.75) is 25.7 Å². The number of hydrogen-bond donors (Lipinski definition) is 1. The van der Waals surface area contributed by atoms with E-state index in [0.717, 1.165) is 18.0 Å². The highest BCUT2D eigenvalue weighted by Crippen LogP contribution is 2.31. The molecule has 5 heteroatoms. The van der Waals surface area contributed by atoms with Crippen LogP contribution in [0.3, 0.4) is 0 Å². The van der Waals surface area contributed by atoms with Gasteiger partial charge in [-0.15, -0.1) is 11.3 Å². The van der Waals surface area contributed by atoms with Crippen LogP contribution >= 0.6 is 11.3 Å². The molecule has 0 aromatic carbocycles. The summed E-state index contributed by atoms with van der Waals surface area (Å²) in [5, 5.41) is 13.0. The van der Waals surface area contributed by atoms with E-state index >= 15 is 0 Å². The fraction of sp³-hybridized carbons (Fsp3) is 0.308. The lowest BCUT2D eigenvalue weighted by atomic mass is 10.0. The van der Waals surface area contributed by atoms with Gasteiger partial charge in [0.05, 0.1) is 11.3 Å². The van der Waals surface area contributed by atoms with Crippen LogP contribution in [0.25, 0.3) is 0 Å². The van der Waals surface area contributed by atoms with Crippen LogP contribution < -0.4 is 5.32 Å². The lowest BCUT2D eigenvalue weighted by Gasteiger charge is -2.06. The Hall–Kier alpha value is -1.93. The zero-order valence-electron chi connectivity index (χ0n) is 9.81. The monoisotopic (exact) mass is 256 g/mol. The van der Waals surface area contributed by atoms with E-state index in [9.17, 15) is 0 Å². The van der Waals surface area contributed by atoms with Gasteiger partial charge in [0, 0.05) is 11.1 Å². The topological polar surface area (TPSA) is 61.6 Å². The molecule has 1 aliphatic rings. The molecule has 0 amide bonds. The zero-order valence-corrected chi connectivity index (χ0v) is 10.6. The molecule has 0 bridgehead atoms. The average Bonchev–Trinajstić information content (AvgIpc) is 2.81. The summed E-state index contributed by atoms with van der Waals surface area (Å²) in [6.45, 7) is 0. The standard InChI is InChI=1S/C13H12N4S/c14-8-9-4-3-7-15-12(9)17-13-16-10-5-1-2-6-11(10)18-13/h3-4,7H,1-2,5-6H2,(H,15,16,17). The molecule has 1 N–H and O–H groups in total. The molecular weight excluding hydrogens is 244 g/mol. The Labute approximate surface area is 109 Å². The van der Waals surface area contributed by atoms with E-state index in [-0.39, 0.29) is 0 Å². The summed E-state index contributed by atoms with van der Waals surface area (Å²) in [5.74, 6) is 0.589. The maximum absolute atomic E-state index is 9.01. The van der Waals surface area contributed by atoms with Gasteiger partial charge >= 0.3 is 0 Å². The fourth-order valence-corrected chi connectivity index (χ4v) is 3.15. The molecule has 0 aliphatic heterocycles. The van der Waals surface area contributed by atoms with Crippen LogP contribution in [0.1, 0.15) is 29.0 Å². The largest absolute Gasteiger partial charge is 0.315 e. The molecule has 0 atom stereocenters. The third-order valence-corrected chi connectivity index (χ3v) is 4.07. The Kier molecular flexibility index (Phi) is 2.95. The van der Waals surface area contributed by atoms with E-state index < -0.39 is 0 Å². The SMILES string of the molecule is N#Cc1cccnc1Nc1nc2c(s1)CCCC2. The highest BCUT2D eigenvalue weighted by atomic mass is 32.1. The van der Waals surface area contributed by atoms with E-state index in [2.05, 4.69) is 21.4 Å². The van der Waals surface area contributed by atoms with Crippen molar-refractivity contribution < 1.29 is 0 Å². The number of pyridine rings is 1. The Morgan fingerprint density at radius 2 is 2.22 bits per heavy atom. The minimum atomic E-state index is 0.547. The quantitative estimate of drug-likeness (QED) is 0.897. The number of fused-ring (bicyclic) bond motifs is 1. The second-order valence-corrected chi connectivity index (χ2v) is 5.32. The van der Waals surface area contributed by atoms with Crippen LogP contribution in [0.5, 0.6) is 0 Å². The van der Waals surface area contributed by atoms with Crippen molar-refractivity contribution in [3.63, 3.8) is 0 Å². The van der Waals surface area contributed by atoms with Crippen LogP contribution in [0, 0.1) is 11.3 Å². The summed E-state index contributed by atoms with van der Waals surface area (Å²) in [4.78, 5) is 10.1. The smallest absolute Gasteiger partial charge is 0.188 e. The minimum absolute atomic E-state index is 0.547. The van der Waals surface area contributed by atoms with Gasteiger partial charge in [0.1, 0.15) is 11.9 Å². The maximum Gasteiger partial charge on any atom is 0.188 e.